The molecule has 0 fully saturated rings. The summed E-state index contributed by atoms with van der Waals surface area (Å²) in [6, 6.07) is 2.16. The maximum absolute atomic E-state index is 4.66. The molecule has 0 bridgehead atoms. The molecule has 104 valence electrons. The Morgan fingerprint density at radius 1 is 1.37 bits per heavy atom. The molecular weight excluding hydrogens is 254 g/mol. The van der Waals surface area contributed by atoms with Gasteiger partial charge >= 0.3 is 0 Å². The lowest BCUT2D eigenvalue weighted by molar-refractivity contribution is 0.550. The molecule has 0 saturated carbocycles. The molecule has 19 heavy (non-hydrogen) atoms. The number of nitrogens with zero attached hydrogens (tertiary/aromatic N) is 2. The van der Waals surface area contributed by atoms with Crippen molar-refractivity contribution in [2.24, 2.45) is 5.92 Å². The van der Waals surface area contributed by atoms with Crippen LogP contribution in [0.4, 0.5) is 0 Å². The highest BCUT2D eigenvalue weighted by atomic mass is 32.1. The van der Waals surface area contributed by atoms with Crippen LogP contribution in [0.2, 0.25) is 0 Å². The van der Waals surface area contributed by atoms with Gasteiger partial charge in [-0.2, -0.15) is 16.4 Å². The predicted octanol–water partition coefficient (Wildman–Crippen LogP) is 3.36. The van der Waals surface area contributed by atoms with Gasteiger partial charge in [0.05, 0.1) is 12.2 Å². The Labute approximate surface area is 119 Å². The lowest BCUT2D eigenvalue weighted by Crippen LogP contribution is -2.19. The van der Waals surface area contributed by atoms with E-state index in [-0.39, 0.29) is 0 Å². The average Bonchev–Trinajstić information content (AvgIpc) is 2.93. The van der Waals surface area contributed by atoms with Crippen LogP contribution >= 0.6 is 11.3 Å². The van der Waals surface area contributed by atoms with Gasteiger partial charge < -0.3 is 5.32 Å². The molecule has 4 heteroatoms. The molecule has 0 unspecified atom stereocenters. The number of hydrogen-bond acceptors (Lipinski definition) is 3. The van der Waals surface area contributed by atoms with Gasteiger partial charge in [0.15, 0.2) is 0 Å². The Morgan fingerprint density at radius 3 is 2.79 bits per heavy atom. The summed E-state index contributed by atoms with van der Waals surface area (Å²) in [6.45, 7) is 11.6. The number of nitrogens with one attached hydrogen (secondary N) is 1. The first kappa shape index (κ1) is 14.3. The quantitative estimate of drug-likeness (QED) is 0.877. The molecule has 2 heterocycles. The van der Waals surface area contributed by atoms with Crippen LogP contribution in [0.3, 0.4) is 0 Å². The molecule has 0 amide bonds. The third-order valence-electron chi connectivity index (χ3n) is 3.30. The summed E-state index contributed by atoms with van der Waals surface area (Å²) in [5.74, 6) is 0.682. The number of rotatable bonds is 6. The minimum absolute atomic E-state index is 0.682. The summed E-state index contributed by atoms with van der Waals surface area (Å²) in [5, 5.41) is 12.5. The monoisotopic (exact) mass is 277 g/mol. The molecule has 2 rings (SSSR count). The van der Waals surface area contributed by atoms with Crippen molar-refractivity contribution >= 4 is 11.3 Å². The maximum atomic E-state index is 4.66. The van der Waals surface area contributed by atoms with Gasteiger partial charge in [-0.1, -0.05) is 13.8 Å². The van der Waals surface area contributed by atoms with Crippen molar-refractivity contribution in [3.63, 3.8) is 0 Å². The van der Waals surface area contributed by atoms with Crippen LogP contribution in [-0.2, 0) is 13.1 Å². The Kier molecular flexibility index (Phi) is 4.77. The second kappa shape index (κ2) is 6.35. The van der Waals surface area contributed by atoms with Gasteiger partial charge in [-0.3, -0.25) is 4.68 Å². The van der Waals surface area contributed by atoms with Gasteiger partial charge in [0, 0.05) is 17.8 Å². The van der Waals surface area contributed by atoms with Crippen LogP contribution in [0.25, 0.3) is 0 Å². The molecule has 0 radical (unpaired) electrons. The van der Waals surface area contributed by atoms with Crippen molar-refractivity contribution < 1.29 is 0 Å². The van der Waals surface area contributed by atoms with Crippen LogP contribution < -0.4 is 5.32 Å². The molecule has 0 atom stereocenters. The largest absolute Gasteiger partial charge is 0.312 e. The van der Waals surface area contributed by atoms with E-state index < -0.39 is 0 Å². The number of hydrogen-bond donors (Lipinski definition) is 1. The van der Waals surface area contributed by atoms with E-state index in [0.717, 1.165) is 25.3 Å². The van der Waals surface area contributed by atoms with Crippen molar-refractivity contribution in [3.8, 4) is 0 Å². The average molecular weight is 277 g/mol. The molecule has 3 nitrogen and oxygen atoms in total. The molecule has 1 N–H and O–H groups in total. The van der Waals surface area contributed by atoms with Crippen LogP contribution in [0.15, 0.2) is 16.8 Å². The van der Waals surface area contributed by atoms with Gasteiger partial charge in [-0.25, -0.2) is 0 Å². The van der Waals surface area contributed by atoms with Crippen molar-refractivity contribution in [3.05, 3.63) is 39.3 Å². The highest BCUT2D eigenvalue weighted by molar-refractivity contribution is 7.07. The minimum atomic E-state index is 0.682. The smallest absolute Gasteiger partial charge is 0.0670 e. The van der Waals surface area contributed by atoms with Gasteiger partial charge in [-0.05, 0) is 48.7 Å². The zero-order chi connectivity index (χ0) is 13.8. The Morgan fingerprint density at radius 2 is 2.16 bits per heavy atom. The number of aromatic nitrogens is 2. The zero-order valence-corrected chi connectivity index (χ0v) is 13.0. The summed E-state index contributed by atoms with van der Waals surface area (Å²) < 4.78 is 2.11. The van der Waals surface area contributed by atoms with Gasteiger partial charge in [0.1, 0.15) is 0 Å². The summed E-state index contributed by atoms with van der Waals surface area (Å²) in [5.41, 5.74) is 5.09. The molecule has 0 aliphatic heterocycles. The van der Waals surface area contributed by atoms with Crippen molar-refractivity contribution in [2.45, 2.75) is 40.8 Å². The maximum Gasteiger partial charge on any atom is 0.0670 e. The van der Waals surface area contributed by atoms with Crippen LogP contribution in [0, 0.1) is 19.8 Å². The molecule has 0 aliphatic carbocycles. The lowest BCUT2D eigenvalue weighted by atomic mass is 10.1. The topological polar surface area (TPSA) is 29.9 Å². The van der Waals surface area contributed by atoms with Gasteiger partial charge in [0.2, 0.25) is 0 Å². The fourth-order valence-electron chi connectivity index (χ4n) is 2.19. The fourth-order valence-corrected chi connectivity index (χ4v) is 2.85. The number of thiophene rings is 1. The first-order valence-corrected chi connectivity index (χ1v) is 7.77. The standard InChI is InChI=1S/C15H23N3S/c1-11(2)7-16-8-15-12(3)17-18(13(15)4)9-14-5-6-19-10-14/h5-6,10-11,16H,7-9H2,1-4H3. The second-order valence-corrected chi connectivity index (χ2v) is 6.24. The highest BCUT2D eigenvalue weighted by Crippen LogP contribution is 2.15. The van der Waals surface area contributed by atoms with E-state index >= 15 is 0 Å². The molecule has 0 aromatic carbocycles. The predicted molar refractivity (Wildman–Crippen MR) is 81.7 cm³/mol. The van der Waals surface area contributed by atoms with E-state index in [9.17, 15) is 0 Å². The molecule has 0 spiro atoms. The van der Waals surface area contributed by atoms with Crippen LogP contribution in [0.5, 0.6) is 0 Å². The van der Waals surface area contributed by atoms with Crippen molar-refractivity contribution in [1.29, 1.82) is 0 Å². The third kappa shape index (κ3) is 3.67. The Bertz CT molecular complexity index is 512. The normalized spacial score (nSPS) is 11.4. The zero-order valence-electron chi connectivity index (χ0n) is 12.2. The Balaban J connectivity index is 2.06. The SMILES string of the molecule is Cc1nn(Cc2ccsc2)c(C)c1CNCC(C)C. The second-order valence-electron chi connectivity index (χ2n) is 5.46. The molecule has 2 aromatic heterocycles. The van der Waals surface area contributed by atoms with Gasteiger partial charge in [-0.15, -0.1) is 0 Å². The summed E-state index contributed by atoms with van der Waals surface area (Å²) in [6.07, 6.45) is 0. The summed E-state index contributed by atoms with van der Waals surface area (Å²) >= 11 is 1.74. The van der Waals surface area contributed by atoms with Crippen LogP contribution in [-0.4, -0.2) is 16.3 Å². The third-order valence-corrected chi connectivity index (χ3v) is 4.03. The van der Waals surface area contributed by atoms with Crippen molar-refractivity contribution in [1.82, 2.24) is 15.1 Å². The molecular formula is C15H23N3S. The van der Waals surface area contributed by atoms with Crippen LogP contribution in [0.1, 0.15) is 36.4 Å². The first-order valence-electron chi connectivity index (χ1n) is 6.82. The van der Waals surface area contributed by atoms with Crippen molar-refractivity contribution in [2.75, 3.05) is 6.54 Å². The highest BCUT2D eigenvalue weighted by Gasteiger charge is 2.11. The van der Waals surface area contributed by atoms with E-state index in [4.69, 9.17) is 0 Å². The molecule has 0 saturated heterocycles. The first-order chi connectivity index (χ1) is 9.08. The summed E-state index contributed by atoms with van der Waals surface area (Å²) in [7, 11) is 0. The van der Waals surface area contributed by atoms with E-state index in [1.165, 1.54) is 16.8 Å². The minimum Gasteiger partial charge on any atom is -0.312 e. The van der Waals surface area contributed by atoms with E-state index in [1.807, 2.05) is 0 Å². The van der Waals surface area contributed by atoms with E-state index in [0.29, 0.717) is 5.92 Å². The number of aryl methyl sites for hydroxylation is 1. The van der Waals surface area contributed by atoms with Gasteiger partial charge in [0.25, 0.3) is 0 Å². The Hall–Kier alpha value is -1.13. The lowest BCUT2D eigenvalue weighted by Gasteiger charge is -2.08. The van der Waals surface area contributed by atoms with E-state index in [1.54, 1.807) is 11.3 Å². The summed E-state index contributed by atoms with van der Waals surface area (Å²) in [4.78, 5) is 0. The molecule has 2 aromatic rings. The fraction of sp³-hybridized carbons (Fsp3) is 0.533. The molecule has 0 aliphatic rings. The van der Waals surface area contributed by atoms with E-state index in [2.05, 4.69) is 59.6 Å².